The van der Waals surface area contributed by atoms with Crippen LogP contribution in [0.2, 0.25) is 0 Å². The van der Waals surface area contributed by atoms with E-state index in [4.69, 9.17) is 0 Å². The SMILES string of the molecule is C1CCSC1.CC(=O)c1ccccc1. The third-order valence-electron chi connectivity index (χ3n) is 2.01. The Morgan fingerprint density at radius 3 is 2.00 bits per heavy atom. The molecule has 1 aliphatic heterocycles. The molecule has 0 aromatic heterocycles. The van der Waals surface area contributed by atoms with E-state index in [1.807, 2.05) is 30.3 Å². The zero-order valence-corrected chi connectivity index (χ0v) is 9.35. The average Bonchev–Trinajstić information content (AvgIpc) is 2.77. The molecule has 0 radical (unpaired) electrons. The first-order valence-corrected chi connectivity index (χ1v) is 6.10. The van der Waals surface area contributed by atoms with Crippen molar-refractivity contribution < 1.29 is 4.79 Å². The van der Waals surface area contributed by atoms with Gasteiger partial charge in [0.2, 0.25) is 0 Å². The molecule has 0 atom stereocenters. The van der Waals surface area contributed by atoms with Crippen LogP contribution in [-0.2, 0) is 0 Å². The normalized spacial score (nSPS) is 14.4. The number of rotatable bonds is 1. The molecule has 0 spiro atoms. The molecule has 1 aromatic rings. The molecule has 14 heavy (non-hydrogen) atoms. The van der Waals surface area contributed by atoms with Crippen molar-refractivity contribution >= 4 is 17.5 Å². The largest absolute Gasteiger partial charge is 0.295 e. The highest BCUT2D eigenvalue weighted by Gasteiger charge is 1.95. The summed E-state index contributed by atoms with van der Waals surface area (Å²) >= 11 is 2.07. The Kier molecular flexibility index (Phi) is 5.38. The monoisotopic (exact) mass is 208 g/mol. The predicted molar refractivity (Wildman–Crippen MR) is 63.0 cm³/mol. The lowest BCUT2D eigenvalue weighted by molar-refractivity contribution is 0.101. The molecule has 1 aliphatic rings. The topological polar surface area (TPSA) is 17.1 Å². The smallest absolute Gasteiger partial charge is 0.159 e. The van der Waals surface area contributed by atoms with Crippen LogP contribution in [0.4, 0.5) is 0 Å². The Labute approximate surface area is 89.9 Å². The third kappa shape index (κ3) is 4.47. The summed E-state index contributed by atoms with van der Waals surface area (Å²) in [6, 6.07) is 9.23. The fraction of sp³-hybridized carbons (Fsp3) is 0.417. The molecule has 0 bridgehead atoms. The zero-order chi connectivity index (χ0) is 10.2. The van der Waals surface area contributed by atoms with Gasteiger partial charge in [0.05, 0.1) is 0 Å². The molecule has 76 valence electrons. The van der Waals surface area contributed by atoms with Crippen LogP contribution in [0.15, 0.2) is 30.3 Å². The minimum atomic E-state index is 0.121. The maximum Gasteiger partial charge on any atom is 0.159 e. The first-order chi connectivity index (χ1) is 6.80. The second-order valence-electron chi connectivity index (χ2n) is 3.24. The van der Waals surface area contributed by atoms with Crippen LogP contribution >= 0.6 is 11.8 Å². The van der Waals surface area contributed by atoms with Crippen LogP contribution in [0.3, 0.4) is 0 Å². The van der Waals surface area contributed by atoms with Crippen molar-refractivity contribution in [1.82, 2.24) is 0 Å². The Hall–Kier alpha value is -0.760. The molecular formula is C12H16OS. The minimum absolute atomic E-state index is 0.121. The van der Waals surface area contributed by atoms with E-state index in [-0.39, 0.29) is 5.78 Å². The highest BCUT2D eigenvalue weighted by molar-refractivity contribution is 7.99. The van der Waals surface area contributed by atoms with E-state index in [2.05, 4.69) is 11.8 Å². The molecule has 1 nitrogen and oxygen atoms in total. The highest BCUT2D eigenvalue weighted by atomic mass is 32.2. The molecule has 1 saturated heterocycles. The number of carbonyl (C=O) groups is 1. The third-order valence-corrected chi connectivity index (χ3v) is 3.16. The maximum atomic E-state index is 10.6. The van der Waals surface area contributed by atoms with Gasteiger partial charge < -0.3 is 0 Å². The number of carbonyl (C=O) groups excluding carboxylic acids is 1. The van der Waals surface area contributed by atoms with E-state index in [1.165, 1.54) is 24.3 Å². The van der Waals surface area contributed by atoms with E-state index in [0.717, 1.165) is 5.56 Å². The van der Waals surface area contributed by atoms with Gasteiger partial charge in [-0.3, -0.25) is 4.79 Å². The Morgan fingerprint density at radius 1 is 1.14 bits per heavy atom. The van der Waals surface area contributed by atoms with Crippen LogP contribution in [0.25, 0.3) is 0 Å². The van der Waals surface area contributed by atoms with E-state index in [0.29, 0.717) is 0 Å². The lowest BCUT2D eigenvalue weighted by Gasteiger charge is -1.89. The van der Waals surface area contributed by atoms with Crippen molar-refractivity contribution in [3.63, 3.8) is 0 Å². The van der Waals surface area contributed by atoms with Gasteiger partial charge in [0, 0.05) is 5.56 Å². The van der Waals surface area contributed by atoms with Gasteiger partial charge in [-0.25, -0.2) is 0 Å². The molecule has 1 aromatic carbocycles. The van der Waals surface area contributed by atoms with E-state index in [9.17, 15) is 4.79 Å². The summed E-state index contributed by atoms with van der Waals surface area (Å²) in [4.78, 5) is 10.6. The van der Waals surface area contributed by atoms with Crippen molar-refractivity contribution in [2.75, 3.05) is 11.5 Å². The molecule has 0 saturated carbocycles. The zero-order valence-electron chi connectivity index (χ0n) is 8.53. The van der Waals surface area contributed by atoms with Gasteiger partial charge in [0.15, 0.2) is 5.78 Å². The molecule has 2 heteroatoms. The van der Waals surface area contributed by atoms with Crippen molar-refractivity contribution in [1.29, 1.82) is 0 Å². The number of hydrogen-bond acceptors (Lipinski definition) is 2. The molecular weight excluding hydrogens is 192 g/mol. The van der Waals surface area contributed by atoms with Crippen LogP contribution in [-0.4, -0.2) is 17.3 Å². The second kappa shape index (κ2) is 6.66. The first-order valence-electron chi connectivity index (χ1n) is 4.94. The summed E-state index contributed by atoms with van der Waals surface area (Å²) in [5, 5.41) is 0. The lowest BCUT2D eigenvalue weighted by Crippen LogP contribution is -1.88. The summed E-state index contributed by atoms with van der Waals surface area (Å²) in [5.74, 6) is 2.95. The van der Waals surface area contributed by atoms with Gasteiger partial charge in [0.25, 0.3) is 0 Å². The van der Waals surface area contributed by atoms with Crippen molar-refractivity contribution in [3.05, 3.63) is 35.9 Å². The Balaban J connectivity index is 0.000000165. The van der Waals surface area contributed by atoms with Gasteiger partial charge in [0.1, 0.15) is 0 Å². The molecule has 0 aliphatic carbocycles. The van der Waals surface area contributed by atoms with Crippen LogP contribution in [0, 0.1) is 0 Å². The van der Waals surface area contributed by atoms with Gasteiger partial charge >= 0.3 is 0 Å². The van der Waals surface area contributed by atoms with Gasteiger partial charge in [-0.2, -0.15) is 11.8 Å². The first kappa shape index (κ1) is 11.3. The van der Waals surface area contributed by atoms with Crippen molar-refractivity contribution in [2.24, 2.45) is 0 Å². The number of thioether (sulfide) groups is 1. The number of ketones is 1. The molecule has 1 fully saturated rings. The summed E-state index contributed by atoms with van der Waals surface area (Å²) in [6.07, 6.45) is 2.93. The summed E-state index contributed by atoms with van der Waals surface area (Å²) in [7, 11) is 0. The number of hydrogen-bond donors (Lipinski definition) is 0. The molecule has 0 unspecified atom stereocenters. The molecule has 0 amide bonds. The lowest BCUT2D eigenvalue weighted by atomic mass is 10.2. The Bertz CT molecular complexity index is 257. The number of Topliss-reactive ketones (excluding diaryl/α,β-unsaturated/α-hetero) is 1. The highest BCUT2D eigenvalue weighted by Crippen LogP contribution is 2.14. The molecule has 2 rings (SSSR count). The average molecular weight is 208 g/mol. The molecule has 0 N–H and O–H groups in total. The standard InChI is InChI=1S/C8H8O.C4H8S/c1-7(9)8-5-3-2-4-6-8;1-2-4-5-3-1/h2-6H,1H3;1-4H2. The number of benzene rings is 1. The predicted octanol–water partition coefficient (Wildman–Crippen LogP) is 3.40. The quantitative estimate of drug-likeness (QED) is 0.658. The fourth-order valence-electron chi connectivity index (χ4n) is 1.18. The van der Waals surface area contributed by atoms with Gasteiger partial charge in [-0.15, -0.1) is 0 Å². The summed E-state index contributed by atoms with van der Waals surface area (Å²) in [6.45, 7) is 1.56. The van der Waals surface area contributed by atoms with Crippen LogP contribution in [0.1, 0.15) is 30.1 Å². The minimum Gasteiger partial charge on any atom is -0.295 e. The van der Waals surface area contributed by atoms with E-state index < -0.39 is 0 Å². The van der Waals surface area contributed by atoms with Gasteiger partial charge in [-0.05, 0) is 31.3 Å². The van der Waals surface area contributed by atoms with Crippen LogP contribution < -0.4 is 0 Å². The van der Waals surface area contributed by atoms with Crippen molar-refractivity contribution in [3.8, 4) is 0 Å². The summed E-state index contributed by atoms with van der Waals surface area (Å²) in [5.41, 5.74) is 0.775. The molecule has 1 heterocycles. The van der Waals surface area contributed by atoms with Gasteiger partial charge in [-0.1, -0.05) is 30.3 Å². The van der Waals surface area contributed by atoms with Crippen molar-refractivity contribution in [2.45, 2.75) is 19.8 Å². The maximum absolute atomic E-state index is 10.6. The Morgan fingerprint density at radius 2 is 1.71 bits per heavy atom. The summed E-state index contributed by atoms with van der Waals surface area (Å²) < 4.78 is 0. The fourth-order valence-corrected chi connectivity index (χ4v) is 2.20. The van der Waals surface area contributed by atoms with E-state index in [1.54, 1.807) is 6.92 Å². The van der Waals surface area contributed by atoms with E-state index >= 15 is 0 Å². The second-order valence-corrected chi connectivity index (χ2v) is 4.47. The van der Waals surface area contributed by atoms with Crippen LogP contribution in [0.5, 0.6) is 0 Å².